The molecule has 6 heteroatoms. The molecule has 1 aliphatic rings. The summed E-state index contributed by atoms with van der Waals surface area (Å²) in [5.41, 5.74) is -0.493. The zero-order chi connectivity index (χ0) is 13.1. The minimum absolute atomic E-state index is 0.141. The van der Waals surface area contributed by atoms with Crippen molar-refractivity contribution in [2.45, 2.75) is 6.10 Å². The van der Waals surface area contributed by atoms with Crippen LogP contribution >= 0.6 is 15.9 Å². The molecular formula is C12H12BrF2NO2. The number of alkyl halides is 1. The molecule has 98 valence electrons. The highest BCUT2D eigenvalue weighted by Crippen LogP contribution is 2.17. The van der Waals surface area contributed by atoms with Crippen LogP contribution in [0.25, 0.3) is 0 Å². The fourth-order valence-corrected chi connectivity index (χ4v) is 2.25. The number of halogens is 3. The summed E-state index contributed by atoms with van der Waals surface area (Å²) in [5.74, 6) is -2.29. The first-order valence-corrected chi connectivity index (χ1v) is 6.66. The van der Waals surface area contributed by atoms with Crippen LogP contribution in [0.1, 0.15) is 10.4 Å². The summed E-state index contributed by atoms with van der Waals surface area (Å²) in [6.45, 7) is 1.05. The first-order valence-electron chi connectivity index (χ1n) is 5.54. The molecule has 1 unspecified atom stereocenters. The van der Waals surface area contributed by atoms with Crippen LogP contribution in [0.5, 0.6) is 0 Å². The minimum atomic E-state index is -0.832. The third kappa shape index (κ3) is 2.70. The molecule has 0 aromatic heterocycles. The fourth-order valence-electron chi connectivity index (χ4n) is 1.86. The van der Waals surface area contributed by atoms with Crippen molar-refractivity contribution in [1.29, 1.82) is 0 Å². The summed E-state index contributed by atoms with van der Waals surface area (Å²) in [5, 5.41) is 0.580. The predicted molar refractivity (Wildman–Crippen MR) is 65.8 cm³/mol. The Hall–Kier alpha value is -1.01. The number of hydrogen-bond donors (Lipinski definition) is 0. The van der Waals surface area contributed by atoms with Gasteiger partial charge in [-0.3, -0.25) is 4.79 Å². The van der Waals surface area contributed by atoms with Gasteiger partial charge in [0.25, 0.3) is 5.91 Å². The highest BCUT2D eigenvalue weighted by Gasteiger charge is 2.27. The highest BCUT2D eigenvalue weighted by atomic mass is 79.9. The summed E-state index contributed by atoms with van der Waals surface area (Å²) < 4.78 is 32.4. The number of rotatable bonds is 2. The van der Waals surface area contributed by atoms with Crippen LogP contribution in [0, 0.1) is 11.6 Å². The van der Waals surface area contributed by atoms with Gasteiger partial charge in [0.05, 0.1) is 12.7 Å². The third-order valence-corrected chi connectivity index (χ3v) is 3.50. The van der Waals surface area contributed by atoms with Gasteiger partial charge in [0.1, 0.15) is 17.2 Å². The molecule has 0 aliphatic carbocycles. The van der Waals surface area contributed by atoms with Crippen LogP contribution < -0.4 is 0 Å². The number of amides is 1. The number of morpholine rings is 1. The van der Waals surface area contributed by atoms with Crippen molar-refractivity contribution in [3.63, 3.8) is 0 Å². The lowest BCUT2D eigenvalue weighted by Gasteiger charge is -2.32. The van der Waals surface area contributed by atoms with E-state index in [0.717, 1.165) is 12.1 Å². The van der Waals surface area contributed by atoms with Crippen LogP contribution in [-0.2, 0) is 4.74 Å². The Kier molecular flexibility index (Phi) is 4.29. The molecule has 0 radical (unpaired) electrons. The van der Waals surface area contributed by atoms with E-state index in [-0.39, 0.29) is 6.10 Å². The van der Waals surface area contributed by atoms with E-state index in [4.69, 9.17) is 4.74 Å². The van der Waals surface area contributed by atoms with E-state index in [1.807, 2.05) is 0 Å². The molecule has 1 fully saturated rings. The molecule has 1 amide bonds. The van der Waals surface area contributed by atoms with E-state index in [9.17, 15) is 13.6 Å². The number of hydrogen-bond acceptors (Lipinski definition) is 2. The van der Waals surface area contributed by atoms with Gasteiger partial charge in [-0.15, -0.1) is 0 Å². The Morgan fingerprint density at radius 2 is 2.11 bits per heavy atom. The van der Waals surface area contributed by atoms with Gasteiger partial charge >= 0.3 is 0 Å². The highest BCUT2D eigenvalue weighted by molar-refractivity contribution is 9.09. The summed E-state index contributed by atoms with van der Waals surface area (Å²) in [4.78, 5) is 13.5. The van der Waals surface area contributed by atoms with Crippen LogP contribution in [0.15, 0.2) is 18.2 Å². The number of nitrogens with zero attached hydrogens (tertiary/aromatic N) is 1. The molecule has 1 saturated heterocycles. The molecule has 1 aromatic carbocycles. The molecule has 1 aromatic rings. The second-order valence-electron chi connectivity index (χ2n) is 3.99. The second-order valence-corrected chi connectivity index (χ2v) is 4.64. The van der Waals surface area contributed by atoms with Crippen molar-refractivity contribution in [3.8, 4) is 0 Å². The van der Waals surface area contributed by atoms with E-state index in [2.05, 4.69) is 15.9 Å². The summed E-state index contributed by atoms with van der Waals surface area (Å²) >= 11 is 3.26. The van der Waals surface area contributed by atoms with E-state index in [0.29, 0.717) is 25.0 Å². The third-order valence-electron chi connectivity index (χ3n) is 2.77. The average molecular weight is 320 g/mol. The fraction of sp³-hybridized carbons (Fsp3) is 0.417. The molecular weight excluding hydrogens is 308 g/mol. The van der Waals surface area contributed by atoms with Crippen molar-refractivity contribution >= 4 is 21.8 Å². The molecule has 0 saturated carbocycles. The molecule has 0 N–H and O–H groups in total. The lowest BCUT2D eigenvalue weighted by molar-refractivity contribution is -0.0100. The van der Waals surface area contributed by atoms with Gasteiger partial charge in [-0.25, -0.2) is 8.78 Å². The van der Waals surface area contributed by atoms with Gasteiger partial charge < -0.3 is 9.64 Å². The zero-order valence-electron chi connectivity index (χ0n) is 9.54. The van der Waals surface area contributed by atoms with Crippen molar-refractivity contribution in [3.05, 3.63) is 35.4 Å². The molecule has 3 nitrogen and oxygen atoms in total. The van der Waals surface area contributed by atoms with Gasteiger partial charge in [-0.2, -0.15) is 0 Å². The van der Waals surface area contributed by atoms with Crippen LogP contribution in [0.3, 0.4) is 0 Å². The lowest BCUT2D eigenvalue weighted by atomic mass is 10.1. The van der Waals surface area contributed by atoms with Crippen LogP contribution in [0.2, 0.25) is 0 Å². The van der Waals surface area contributed by atoms with Crippen molar-refractivity contribution in [2.75, 3.05) is 25.0 Å². The van der Waals surface area contributed by atoms with Gasteiger partial charge in [0.15, 0.2) is 0 Å². The minimum Gasteiger partial charge on any atom is -0.374 e. The van der Waals surface area contributed by atoms with E-state index >= 15 is 0 Å². The Bertz CT molecular complexity index is 435. The topological polar surface area (TPSA) is 29.5 Å². The monoisotopic (exact) mass is 319 g/mol. The van der Waals surface area contributed by atoms with E-state index in [1.165, 1.54) is 11.0 Å². The number of ether oxygens (including phenoxy) is 1. The average Bonchev–Trinajstić information content (AvgIpc) is 2.38. The Morgan fingerprint density at radius 1 is 1.44 bits per heavy atom. The molecule has 2 rings (SSSR count). The molecule has 1 heterocycles. The number of carbonyl (C=O) groups excluding carboxylic acids is 1. The first kappa shape index (κ1) is 13.4. The van der Waals surface area contributed by atoms with Crippen LogP contribution in [-0.4, -0.2) is 41.9 Å². The normalized spacial score (nSPS) is 19.9. The summed E-state index contributed by atoms with van der Waals surface area (Å²) in [7, 11) is 0. The first-order chi connectivity index (χ1) is 8.63. The second kappa shape index (κ2) is 5.75. The maximum Gasteiger partial charge on any atom is 0.259 e. The maximum atomic E-state index is 13.5. The van der Waals surface area contributed by atoms with Crippen molar-refractivity contribution in [1.82, 2.24) is 4.90 Å². The SMILES string of the molecule is O=C(c1c(F)cccc1F)N1CCOC(CBr)C1. The Labute approximate surface area is 112 Å². The zero-order valence-corrected chi connectivity index (χ0v) is 11.1. The van der Waals surface area contributed by atoms with Gasteiger partial charge in [-0.1, -0.05) is 22.0 Å². The molecule has 1 atom stereocenters. The maximum absolute atomic E-state index is 13.5. The number of benzene rings is 1. The van der Waals surface area contributed by atoms with Crippen molar-refractivity contribution < 1.29 is 18.3 Å². The lowest BCUT2D eigenvalue weighted by Crippen LogP contribution is -2.46. The summed E-state index contributed by atoms with van der Waals surface area (Å²) in [6.07, 6.45) is -0.141. The number of carbonyl (C=O) groups is 1. The molecule has 18 heavy (non-hydrogen) atoms. The summed E-state index contributed by atoms with van der Waals surface area (Å²) in [6, 6.07) is 3.40. The largest absolute Gasteiger partial charge is 0.374 e. The molecule has 0 spiro atoms. The smallest absolute Gasteiger partial charge is 0.259 e. The Morgan fingerprint density at radius 3 is 2.72 bits per heavy atom. The van der Waals surface area contributed by atoms with E-state index in [1.54, 1.807) is 0 Å². The quantitative estimate of drug-likeness (QED) is 0.782. The van der Waals surface area contributed by atoms with Crippen molar-refractivity contribution in [2.24, 2.45) is 0 Å². The molecule has 1 aliphatic heterocycles. The Balaban J connectivity index is 2.20. The van der Waals surface area contributed by atoms with Gasteiger partial charge in [0, 0.05) is 18.4 Å². The van der Waals surface area contributed by atoms with Gasteiger partial charge in [-0.05, 0) is 12.1 Å². The standard InChI is InChI=1S/C12H12BrF2NO2/c13-6-8-7-16(4-5-18-8)12(17)11-9(14)2-1-3-10(11)15/h1-3,8H,4-7H2. The van der Waals surface area contributed by atoms with Gasteiger partial charge in [0.2, 0.25) is 0 Å². The van der Waals surface area contributed by atoms with Crippen LogP contribution in [0.4, 0.5) is 8.78 Å². The predicted octanol–water partition coefficient (Wildman–Crippen LogP) is 2.20. The van der Waals surface area contributed by atoms with E-state index < -0.39 is 23.1 Å². The molecule has 0 bridgehead atoms.